The Morgan fingerprint density at radius 3 is 3.06 bits per heavy atom. The summed E-state index contributed by atoms with van der Waals surface area (Å²) in [7, 11) is 0. The summed E-state index contributed by atoms with van der Waals surface area (Å²) in [6.45, 7) is 1.92. The van der Waals surface area contributed by atoms with Gasteiger partial charge in [-0.1, -0.05) is 6.07 Å². The molecule has 16 heavy (non-hydrogen) atoms. The van der Waals surface area contributed by atoms with Gasteiger partial charge in [-0.25, -0.2) is 0 Å². The largest absolute Gasteiger partial charge is 0.488 e. The van der Waals surface area contributed by atoms with Gasteiger partial charge in [0.05, 0.1) is 0 Å². The highest BCUT2D eigenvalue weighted by Crippen LogP contribution is 2.27. The Kier molecular flexibility index (Phi) is 3.81. The lowest BCUT2D eigenvalue weighted by Gasteiger charge is -2.24. The van der Waals surface area contributed by atoms with Crippen LogP contribution in [0.1, 0.15) is 18.4 Å². The number of nitrogens with zero attached hydrogens (tertiary/aromatic N) is 1. The third-order valence-corrected chi connectivity index (χ3v) is 3.29. The molecule has 0 radical (unpaired) electrons. The van der Waals surface area contributed by atoms with Crippen molar-refractivity contribution < 1.29 is 4.74 Å². The van der Waals surface area contributed by atoms with E-state index >= 15 is 0 Å². The smallest absolute Gasteiger partial charge is 0.138 e. The van der Waals surface area contributed by atoms with Crippen LogP contribution in [0.3, 0.4) is 0 Å². The van der Waals surface area contributed by atoms with Crippen LogP contribution in [-0.2, 0) is 0 Å². The molecule has 0 saturated carbocycles. The first kappa shape index (κ1) is 11.4. The van der Waals surface area contributed by atoms with Crippen molar-refractivity contribution in [3.05, 3.63) is 28.2 Å². The number of hydrogen-bond acceptors (Lipinski definition) is 3. The van der Waals surface area contributed by atoms with Crippen molar-refractivity contribution in [2.24, 2.45) is 0 Å². The van der Waals surface area contributed by atoms with Crippen LogP contribution in [0.5, 0.6) is 5.75 Å². The van der Waals surface area contributed by atoms with E-state index in [1.807, 2.05) is 18.2 Å². The molecular weight excluding hydrogens is 268 g/mol. The zero-order valence-corrected chi connectivity index (χ0v) is 10.5. The van der Waals surface area contributed by atoms with Crippen LogP contribution in [0.15, 0.2) is 22.7 Å². The number of nitrogens with one attached hydrogen (secondary N) is 1. The van der Waals surface area contributed by atoms with Gasteiger partial charge in [0.1, 0.15) is 23.5 Å². The summed E-state index contributed by atoms with van der Waals surface area (Å²) in [6, 6.07) is 7.74. The van der Waals surface area contributed by atoms with Gasteiger partial charge in [0.25, 0.3) is 0 Å². The van der Waals surface area contributed by atoms with Gasteiger partial charge in [0.15, 0.2) is 0 Å². The Bertz CT molecular complexity index is 408. The molecule has 0 amide bonds. The van der Waals surface area contributed by atoms with Crippen LogP contribution in [0, 0.1) is 11.3 Å². The quantitative estimate of drug-likeness (QED) is 0.905. The van der Waals surface area contributed by atoms with E-state index in [0.717, 1.165) is 30.4 Å². The van der Waals surface area contributed by atoms with E-state index in [1.54, 1.807) is 0 Å². The fourth-order valence-electron chi connectivity index (χ4n) is 1.81. The number of piperidine rings is 1. The van der Waals surface area contributed by atoms with Gasteiger partial charge in [-0.05, 0) is 47.4 Å². The van der Waals surface area contributed by atoms with Gasteiger partial charge in [0.2, 0.25) is 0 Å². The molecule has 1 saturated heterocycles. The lowest BCUT2D eigenvalue weighted by atomic mass is 10.1. The summed E-state index contributed by atoms with van der Waals surface area (Å²) in [5.74, 6) is 0.672. The van der Waals surface area contributed by atoms with Crippen LogP contribution in [0.2, 0.25) is 0 Å². The Morgan fingerprint density at radius 2 is 2.38 bits per heavy atom. The van der Waals surface area contributed by atoms with Gasteiger partial charge < -0.3 is 10.1 Å². The zero-order valence-electron chi connectivity index (χ0n) is 8.87. The minimum absolute atomic E-state index is 0.176. The van der Waals surface area contributed by atoms with Gasteiger partial charge >= 0.3 is 0 Å². The third-order valence-electron chi connectivity index (χ3n) is 2.63. The Hall–Kier alpha value is -1.05. The van der Waals surface area contributed by atoms with Gasteiger partial charge in [-0.3, -0.25) is 0 Å². The number of hydrogen-bond donors (Lipinski definition) is 1. The molecule has 1 heterocycles. The molecule has 1 aromatic carbocycles. The molecule has 1 fully saturated rings. The van der Waals surface area contributed by atoms with E-state index in [4.69, 9.17) is 10.00 Å². The molecular formula is C12H13BrN2O. The van der Waals surface area contributed by atoms with E-state index < -0.39 is 0 Å². The van der Waals surface area contributed by atoms with Crippen molar-refractivity contribution in [1.82, 2.24) is 5.32 Å². The number of rotatable bonds is 2. The van der Waals surface area contributed by atoms with Crippen molar-refractivity contribution in [2.45, 2.75) is 18.9 Å². The molecule has 84 valence electrons. The van der Waals surface area contributed by atoms with E-state index in [9.17, 15) is 0 Å². The summed E-state index contributed by atoms with van der Waals surface area (Å²) in [5.41, 5.74) is 0.577. The van der Waals surface area contributed by atoms with Gasteiger partial charge in [0, 0.05) is 11.0 Å². The lowest BCUT2D eigenvalue weighted by Crippen LogP contribution is -2.37. The maximum Gasteiger partial charge on any atom is 0.138 e. The molecule has 1 aliphatic rings. The molecule has 1 atom stereocenters. The predicted octanol–water partition coefficient (Wildman–Crippen LogP) is 2.45. The average molecular weight is 281 g/mol. The van der Waals surface area contributed by atoms with Crippen molar-refractivity contribution >= 4 is 15.9 Å². The van der Waals surface area contributed by atoms with Crippen molar-refractivity contribution in [3.63, 3.8) is 0 Å². The second-order valence-corrected chi connectivity index (χ2v) is 4.67. The summed E-state index contributed by atoms with van der Waals surface area (Å²) in [5, 5.41) is 12.3. The minimum Gasteiger partial charge on any atom is -0.488 e. The second kappa shape index (κ2) is 5.33. The molecule has 1 aromatic rings. The van der Waals surface area contributed by atoms with E-state index in [1.165, 1.54) is 0 Å². The van der Waals surface area contributed by atoms with Crippen LogP contribution >= 0.6 is 15.9 Å². The fourth-order valence-corrected chi connectivity index (χ4v) is 2.25. The fraction of sp³-hybridized carbons (Fsp3) is 0.417. The molecule has 0 aliphatic carbocycles. The molecule has 2 rings (SSSR count). The van der Waals surface area contributed by atoms with Crippen LogP contribution < -0.4 is 10.1 Å². The summed E-state index contributed by atoms with van der Waals surface area (Å²) >= 11 is 3.35. The molecule has 4 heteroatoms. The highest BCUT2D eigenvalue weighted by Gasteiger charge is 2.16. The molecule has 3 nitrogen and oxygen atoms in total. The average Bonchev–Trinajstić information content (AvgIpc) is 2.31. The number of benzene rings is 1. The van der Waals surface area contributed by atoms with E-state index in [0.29, 0.717) is 11.3 Å². The number of halogens is 1. The zero-order chi connectivity index (χ0) is 11.4. The first-order valence-corrected chi connectivity index (χ1v) is 6.16. The molecule has 1 N–H and O–H groups in total. The number of ether oxygens (including phenoxy) is 1. The first-order chi connectivity index (χ1) is 7.81. The third kappa shape index (κ3) is 2.55. The second-order valence-electron chi connectivity index (χ2n) is 3.81. The standard InChI is InChI=1S/C12H13BrN2O/c13-11-4-1-5-12(10(11)7-14)16-9-3-2-6-15-8-9/h1,4-5,9,15H,2-3,6,8H2. The summed E-state index contributed by atoms with van der Waals surface area (Å²) in [4.78, 5) is 0. The normalized spacial score (nSPS) is 20.1. The van der Waals surface area contributed by atoms with Crippen molar-refractivity contribution in [2.75, 3.05) is 13.1 Å². The molecule has 0 bridgehead atoms. The van der Waals surface area contributed by atoms with Crippen LogP contribution in [-0.4, -0.2) is 19.2 Å². The van der Waals surface area contributed by atoms with Gasteiger partial charge in [-0.2, -0.15) is 5.26 Å². The predicted molar refractivity (Wildman–Crippen MR) is 65.4 cm³/mol. The summed E-state index contributed by atoms with van der Waals surface area (Å²) < 4.78 is 6.63. The Balaban J connectivity index is 2.14. The topological polar surface area (TPSA) is 45.0 Å². The monoisotopic (exact) mass is 280 g/mol. The molecule has 1 unspecified atom stereocenters. The number of nitriles is 1. The van der Waals surface area contributed by atoms with Crippen LogP contribution in [0.25, 0.3) is 0 Å². The minimum atomic E-state index is 0.176. The summed E-state index contributed by atoms with van der Waals surface area (Å²) in [6.07, 6.45) is 2.35. The maximum absolute atomic E-state index is 9.05. The van der Waals surface area contributed by atoms with Crippen molar-refractivity contribution in [3.8, 4) is 11.8 Å². The Morgan fingerprint density at radius 1 is 1.50 bits per heavy atom. The van der Waals surface area contributed by atoms with E-state index in [-0.39, 0.29) is 6.10 Å². The van der Waals surface area contributed by atoms with E-state index in [2.05, 4.69) is 27.3 Å². The van der Waals surface area contributed by atoms with Crippen molar-refractivity contribution in [1.29, 1.82) is 5.26 Å². The SMILES string of the molecule is N#Cc1c(Br)cccc1OC1CCCNC1. The van der Waals surface area contributed by atoms with Gasteiger partial charge in [-0.15, -0.1) is 0 Å². The Labute approximate surface area is 104 Å². The highest BCUT2D eigenvalue weighted by molar-refractivity contribution is 9.10. The maximum atomic E-state index is 9.05. The van der Waals surface area contributed by atoms with Crippen LogP contribution in [0.4, 0.5) is 0 Å². The molecule has 0 spiro atoms. The highest BCUT2D eigenvalue weighted by atomic mass is 79.9. The molecule has 0 aromatic heterocycles. The molecule has 1 aliphatic heterocycles. The lowest BCUT2D eigenvalue weighted by molar-refractivity contribution is 0.166. The first-order valence-electron chi connectivity index (χ1n) is 5.37.